The van der Waals surface area contributed by atoms with Gasteiger partial charge in [-0.2, -0.15) is 0 Å². The van der Waals surface area contributed by atoms with Crippen LogP contribution in [0.15, 0.2) is 12.1 Å². The maximum absolute atomic E-state index is 13.2. The summed E-state index contributed by atoms with van der Waals surface area (Å²) in [4.78, 5) is 26.0. The Kier molecular flexibility index (Phi) is 6.18. The second-order valence-electron chi connectivity index (χ2n) is 5.97. The number of nitro groups is 1. The first-order valence-electron chi connectivity index (χ1n) is 8.69. The summed E-state index contributed by atoms with van der Waals surface area (Å²) in [6, 6.07) is 2.83. The van der Waals surface area contributed by atoms with Crippen molar-refractivity contribution in [1.29, 1.82) is 0 Å². The second-order valence-corrected chi connectivity index (χ2v) is 9.10. The van der Waals surface area contributed by atoms with Crippen LogP contribution in [-0.2, 0) is 0 Å². The van der Waals surface area contributed by atoms with Crippen molar-refractivity contribution < 1.29 is 19.2 Å². The predicted molar refractivity (Wildman–Crippen MR) is 103 cm³/mol. The number of nitrogens with zero attached hydrogens (tertiary/aromatic N) is 2. The Bertz CT molecular complexity index is 694. The van der Waals surface area contributed by atoms with E-state index in [1.807, 2.05) is 23.5 Å². The van der Waals surface area contributed by atoms with Crippen LogP contribution >= 0.6 is 23.5 Å². The van der Waals surface area contributed by atoms with E-state index < -0.39 is 4.92 Å². The van der Waals surface area contributed by atoms with Gasteiger partial charge in [0.25, 0.3) is 11.6 Å². The summed E-state index contributed by atoms with van der Waals surface area (Å²) in [6.07, 6.45) is 1.84. The number of thioether (sulfide) groups is 2. The lowest BCUT2D eigenvalue weighted by Crippen LogP contribution is -2.41. The quantitative estimate of drug-likeness (QED) is 0.393. The van der Waals surface area contributed by atoms with Gasteiger partial charge in [-0.25, -0.2) is 0 Å². The molecule has 1 fully saturated rings. The zero-order chi connectivity index (χ0) is 18.7. The standard InChI is InChI=1S/C17H22N2O5S2/c1-3-25-17(26-4-2)12-6-5-7-18(12)16(20)11-8-14-15(24-10-23-14)9-13(11)19(21)22/h8-9,12,17H,3-7,10H2,1-2H3/t12-/m0/s1. The molecular weight excluding hydrogens is 376 g/mol. The van der Waals surface area contributed by atoms with E-state index in [2.05, 4.69) is 13.8 Å². The summed E-state index contributed by atoms with van der Waals surface area (Å²) in [5, 5.41) is 11.5. The molecule has 7 nitrogen and oxygen atoms in total. The number of nitro benzene ring substituents is 1. The smallest absolute Gasteiger partial charge is 0.286 e. The second kappa shape index (κ2) is 8.39. The van der Waals surface area contributed by atoms with Crippen molar-refractivity contribution in [2.45, 2.75) is 37.3 Å². The molecule has 1 aromatic carbocycles. The summed E-state index contributed by atoms with van der Waals surface area (Å²) in [7, 11) is 0. The van der Waals surface area contributed by atoms with Crippen molar-refractivity contribution in [2.75, 3.05) is 24.8 Å². The topological polar surface area (TPSA) is 81.9 Å². The van der Waals surface area contributed by atoms with Gasteiger partial charge in [-0.15, -0.1) is 23.5 Å². The number of rotatable bonds is 7. The molecule has 0 aliphatic carbocycles. The number of ether oxygens (including phenoxy) is 2. The van der Waals surface area contributed by atoms with Gasteiger partial charge in [0.1, 0.15) is 5.56 Å². The van der Waals surface area contributed by atoms with Crippen molar-refractivity contribution >= 4 is 35.1 Å². The Labute approximate surface area is 160 Å². The molecule has 0 N–H and O–H groups in total. The third-order valence-electron chi connectivity index (χ3n) is 4.45. The summed E-state index contributed by atoms with van der Waals surface area (Å²) in [5.41, 5.74) is -0.152. The fraction of sp³-hybridized carbons (Fsp3) is 0.588. The highest BCUT2D eigenvalue weighted by Gasteiger charge is 2.38. The van der Waals surface area contributed by atoms with E-state index in [-0.39, 0.29) is 34.6 Å². The Hall–Kier alpha value is -1.61. The number of likely N-dealkylation sites (tertiary alicyclic amines) is 1. The summed E-state index contributed by atoms with van der Waals surface area (Å²) < 4.78 is 10.8. The molecule has 142 valence electrons. The minimum atomic E-state index is -0.528. The van der Waals surface area contributed by atoms with E-state index in [9.17, 15) is 14.9 Å². The molecule has 0 aromatic heterocycles. The van der Waals surface area contributed by atoms with Crippen LogP contribution in [0.25, 0.3) is 0 Å². The first-order valence-corrected chi connectivity index (χ1v) is 10.8. The van der Waals surface area contributed by atoms with Crippen LogP contribution in [0.1, 0.15) is 37.0 Å². The number of hydrogen-bond donors (Lipinski definition) is 0. The molecule has 1 atom stereocenters. The summed E-state index contributed by atoms with van der Waals surface area (Å²) >= 11 is 3.67. The van der Waals surface area contributed by atoms with Crippen molar-refractivity contribution in [3.8, 4) is 11.5 Å². The van der Waals surface area contributed by atoms with E-state index in [1.165, 1.54) is 12.1 Å². The van der Waals surface area contributed by atoms with E-state index in [1.54, 1.807) is 4.90 Å². The lowest BCUT2D eigenvalue weighted by molar-refractivity contribution is -0.385. The lowest BCUT2D eigenvalue weighted by Gasteiger charge is -2.30. The van der Waals surface area contributed by atoms with Crippen molar-refractivity contribution in [2.24, 2.45) is 0 Å². The van der Waals surface area contributed by atoms with Crippen LogP contribution in [0.5, 0.6) is 11.5 Å². The normalized spacial score (nSPS) is 18.6. The van der Waals surface area contributed by atoms with Gasteiger partial charge in [0, 0.05) is 12.6 Å². The molecule has 2 heterocycles. The molecule has 1 amide bonds. The van der Waals surface area contributed by atoms with Crippen LogP contribution < -0.4 is 9.47 Å². The number of carbonyl (C=O) groups is 1. The highest BCUT2D eigenvalue weighted by molar-refractivity contribution is 8.17. The fourth-order valence-electron chi connectivity index (χ4n) is 3.33. The Morgan fingerprint density at radius 2 is 1.96 bits per heavy atom. The molecule has 0 saturated carbocycles. The zero-order valence-corrected chi connectivity index (χ0v) is 16.4. The van der Waals surface area contributed by atoms with Crippen LogP contribution in [0.4, 0.5) is 5.69 Å². The molecule has 1 saturated heterocycles. The molecule has 3 rings (SSSR count). The van der Waals surface area contributed by atoms with Gasteiger partial charge in [0.05, 0.1) is 21.6 Å². The van der Waals surface area contributed by atoms with Gasteiger partial charge >= 0.3 is 0 Å². The average Bonchev–Trinajstić information content (AvgIpc) is 3.28. The maximum atomic E-state index is 13.2. The lowest BCUT2D eigenvalue weighted by atomic mass is 10.1. The van der Waals surface area contributed by atoms with Gasteiger partial charge < -0.3 is 14.4 Å². The van der Waals surface area contributed by atoms with Crippen molar-refractivity contribution in [1.82, 2.24) is 4.90 Å². The molecule has 0 spiro atoms. The molecule has 0 unspecified atom stereocenters. The SMILES string of the molecule is CCSC(SCC)[C@@H]1CCCN1C(=O)c1cc2c(cc1[N+](=O)[O-])OCO2. The highest BCUT2D eigenvalue weighted by Crippen LogP contribution is 2.40. The van der Waals surface area contributed by atoms with Crippen LogP contribution in [0.2, 0.25) is 0 Å². The molecule has 9 heteroatoms. The van der Waals surface area contributed by atoms with Crippen LogP contribution in [0.3, 0.4) is 0 Å². The van der Waals surface area contributed by atoms with Crippen LogP contribution in [-0.4, -0.2) is 51.2 Å². The molecule has 1 aromatic rings. The first kappa shape index (κ1) is 19.2. The van der Waals surface area contributed by atoms with Gasteiger partial charge in [-0.05, 0) is 24.3 Å². The largest absolute Gasteiger partial charge is 0.454 e. The van der Waals surface area contributed by atoms with Gasteiger partial charge in [0.15, 0.2) is 11.5 Å². The Morgan fingerprint density at radius 3 is 2.58 bits per heavy atom. The summed E-state index contributed by atoms with van der Waals surface area (Å²) in [5.74, 6) is 2.35. The Balaban J connectivity index is 1.91. The molecule has 0 bridgehead atoms. The zero-order valence-electron chi connectivity index (χ0n) is 14.8. The van der Waals surface area contributed by atoms with Gasteiger partial charge in [0.2, 0.25) is 6.79 Å². The Morgan fingerprint density at radius 1 is 1.31 bits per heavy atom. The first-order chi connectivity index (χ1) is 12.6. The number of benzene rings is 1. The maximum Gasteiger partial charge on any atom is 0.286 e. The van der Waals surface area contributed by atoms with E-state index in [0.717, 1.165) is 24.3 Å². The average molecular weight is 399 g/mol. The van der Waals surface area contributed by atoms with Crippen molar-refractivity contribution in [3.63, 3.8) is 0 Å². The number of hydrogen-bond acceptors (Lipinski definition) is 7. The van der Waals surface area contributed by atoms with E-state index >= 15 is 0 Å². The minimum Gasteiger partial charge on any atom is -0.454 e. The third kappa shape index (κ3) is 3.73. The molecule has 2 aliphatic heterocycles. The summed E-state index contributed by atoms with van der Waals surface area (Å²) in [6.45, 7) is 4.86. The predicted octanol–water partition coefficient (Wildman–Crippen LogP) is 3.76. The molecule has 0 radical (unpaired) electrons. The molecule has 26 heavy (non-hydrogen) atoms. The van der Waals surface area contributed by atoms with E-state index in [4.69, 9.17) is 9.47 Å². The molecular formula is C17H22N2O5S2. The monoisotopic (exact) mass is 398 g/mol. The molecule has 2 aliphatic rings. The van der Waals surface area contributed by atoms with Crippen LogP contribution in [0, 0.1) is 10.1 Å². The number of fused-ring (bicyclic) bond motifs is 1. The van der Waals surface area contributed by atoms with E-state index in [0.29, 0.717) is 18.0 Å². The highest BCUT2D eigenvalue weighted by atomic mass is 32.2. The van der Waals surface area contributed by atoms with Gasteiger partial charge in [-0.3, -0.25) is 14.9 Å². The fourth-order valence-corrected chi connectivity index (χ4v) is 6.20. The third-order valence-corrected chi connectivity index (χ3v) is 7.22. The van der Waals surface area contributed by atoms with Crippen molar-refractivity contribution in [3.05, 3.63) is 27.8 Å². The number of carbonyl (C=O) groups excluding carboxylic acids is 1. The number of amides is 1. The van der Waals surface area contributed by atoms with Gasteiger partial charge in [-0.1, -0.05) is 13.8 Å². The minimum absolute atomic E-state index is 0.0127.